The lowest BCUT2D eigenvalue weighted by Gasteiger charge is -2.50. The van der Waals surface area contributed by atoms with E-state index >= 15 is 0 Å². The highest BCUT2D eigenvalue weighted by Gasteiger charge is 2.44. The molecule has 2 fully saturated rings. The number of piperidine rings is 2. The molecule has 0 aromatic carbocycles. The Balaban J connectivity index is 1.81. The number of rotatable bonds is 1. The largest absolute Gasteiger partial charge is 0.338 e. The molecule has 114 valence electrons. The van der Waals surface area contributed by atoms with E-state index in [9.17, 15) is 9.59 Å². The summed E-state index contributed by atoms with van der Waals surface area (Å²) in [5.41, 5.74) is 0.923. The van der Waals surface area contributed by atoms with Crippen molar-refractivity contribution in [3.8, 4) is 0 Å². The van der Waals surface area contributed by atoms with Crippen LogP contribution in [0.2, 0.25) is 0 Å². The van der Waals surface area contributed by atoms with Gasteiger partial charge in [0.15, 0.2) is 0 Å². The van der Waals surface area contributed by atoms with Crippen molar-refractivity contribution in [3.63, 3.8) is 0 Å². The molecule has 1 aromatic heterocycles. The van der Waals surface area contributed by atoms with Crippen LogP contribution in [0.4, 0.5) is 0 Å². The number of hydrogen-bond acceptors (Lipinski definition) is 3. The van der Waals surface area contributed by atoms with Gasteiger partial charge in [-0.3, -0.25) is 9.59 Å². The second-order valence-corrected chi connectivity index (χ2v) is 7.21. The molecular formula is C16H22N2O2S. The Morgan fingerprint density at radius 1 is 1.33 bits per heavy atom. The molecule has 2 aliphatic heterocycles. The van der Waals surface area contributed by atoms with Crippen LogP contribution in [0.3, 0.4) is 0 Å². The third-order valence-corrected chi connectivity index (χ3v) is 6.02. The predicted octanol–water partition coefficient (Wildman–Crippen LogP) is 2.67. The van der Waals surface area contributed by atoms with Crippen LogP contribution in [0.25, 0.3) is 0 Å². The first kappa shape index (κ1) is 14.6. The molecule has 0 saturated carbocycles. The number of likely N-dealkylation sites (tertiary alicyclic amines) is 2. The Kier molecular flexibility index (Phi) is 3.78. The number of thiophene rings is 1. The fraction of sp³-hybridized carbons (Fsp3) is 0.625. The molecule has 2 saturated heterocycles. The molecule has 3 rings (SSSR count). The first-order chi connectivity index (χ1) is 10.0. The molecule has 1 atom stereocenters. The number of amides is 2. The van der Waals surface area contributed by atoms with Crippen molar-refractivity contribution in [2.45, 2.75) is 44.6 Å². The summed E-state index contributed by atoms with van der Waals surface area (Å²) in [5.74, 6) is 0.357. The summed E-state index contributed by atoms with van der Waals surface area (Å²) in [5, 5.41) is 1.97. The molecule has 0 N–H and O–H groups in total. The monoisotopic (exact) mass is 306 g/mol. The van der Waals surface area contributed by atoms with Gasteiger partial charge in [-0.2, -0.15) is 0 Å². The Morgan fingerprint density at radius 3 is 2.81 bits per heavy atom. The van der Waals surface area contributed by atoms with E-state index in [4.69, 9.17) is 0 Å². The minimum absolute atomic E-state index is 0.131. The molecule has 5 heteroatoms. The standard InChI is InChI=1S/C16H22N2O2S/c1-12-6-10-21-14(12)15(20)18-9-4-8-16(11-18)7-3-5-13(19)17(16)2/h6,10H,3-5,7-9,11H2,1-2H3. The molecule has 1 unspecified atom stereocenters. The van der Waals surface area contributed by atoms with E-state index in [2.05, 4.69) is 0 Å². The number of aryl methyl sites for hydroxylation is 1. The van der Waals surface area contributed by atoms with Crippen LogP contribution in [0.5, 0.6) is 0 Å². The van der Waals surface area contributed by atoms with Crippen LogP contribution in [-0.2, 0) is 4.79 Å². The number of nitrogens with zero attached hydrogens (tertiary/aromatic N) is 2. The lowest BCUT2D eigenvalue weighted by molar-refractivity contribution is -0.142. The van der Waals surface area contributed by atoms with Crippen molar-refractivity contribution in [1.82, 2.24) is 9.80 Å². The highest BCUT2D eigenvalue weighted by molar-refractivity contribution is 7.12. The molecule has 21 heavy (non-hydrogen) atoms. The zero-order chi connectivity index (χ0) is 15.0. The summed E-state index contributed by atoms with van der Waals surface area (Å²) < 4.78 is 0. The average molecular weight is 306 g/mol. The van der Waals surface area contributed by atoms with E-state index in [1.54, 1.807) is 0 Å². The Bertz CT molecular complexity index is 564. The summed E-state index contributed by atoms with van der Waals surface area (Å²) in [6.45, 7) is 3.48. The molecule has 0 aliphatic carbocycles. The fourth-order valence-electron chi connectivity index (χ4n) is 3.67. The molecule has 0 radical (unpaired) electrons. The molecule has 1 aromatic rings. The molecule has 2 amide bonds. The van der Waals surface area contributed by atoms with Gasteiger partial charge in [0.05, 0.1) is 10.4 Å². The Hall–Kier alpha value is -1.36. The topological polar surface area (TPSA) is 40.6 Å². The van der Waals surface area contributed by atoms with Crippen LogP contribution >= 0.6 is 11.3 Å². The first-order valence-corrected chi connectivity index (χ1v) is 8.51. The highest BCUT2D eigenvalue weighted by atomic mass is 32.1. The number of carbonyl (C=O) groups excluding carboxylic acids is 2. The fourth-order valence-corrected chi connectivity index (χ4v) is 4.56. The molecule has 2 aliphatic rings. The van der Waals surface area contributed by atoms with Gasteiger partial charge < -0.3 is 9.80 Å². The third-order valence-electron chi connectivity index (χ3n) is 5.02. The van der Waals surface area contributed by atoms with Crippen molar-refractivity contribution in [1.29, 1.82) is 0 Å². The van der Waals surface area contributed by atoms with E-state index in [0.717, 1.165) is 42.7 Å². The quantitative estimate of drug-likeness (QED) is 0.800. The summed E-state index contributed by atoms with van der Waals surface area (Å²) >= 11 is 1.52. The number of likely N-dealkylation sites (N-methyl/N-ethyl adjacent to an activating group) is 1. The lowest BCUT2D eigenvalue weighted by atomic mass is 9.80. The van der Waals surface area contributed by atoms with Crippen LogP contribution in [0, 0.1) is 6.92 Å². The second kappa shape index (κ2) is 5.44. The maximum atomic E-state index is 12.7. The zero-order valence-electron chi connectivity index (χ0n) is 12.7. The van der Waals surface area contributed by atoms with Gasteiger partial charge >= 0.3 is 0 Å². The van der Waals surface area contributed by atoms with Crippen LogP contribution < -0.4 is 0 Å². The first-order valence-electron chi connectivity index (χ1n) is 7.63. The molecule has 0 bridgehead atoms. The van der Waals surface area contributed by atoms with E-state index in [1.807, 2.05) is 35.2 Å². The van der Waals surface area contributed by atoms with Crippen LogP contribution in [0.1, 0.15) is 47.3 Å². The van der Waals surface area contributed by atoms with E-state index < -0.39 is 0 Å². The molecule has 1 spiro atoms. The van der Waals surface area contributed by atoms with Gasteiger partial charge in [-0.15, -0.1) is 11.3 Å². The normalized spacial score (nSPS) is 26.5. The van der Waals surface area contributed by atoms with E-state index in [0.29, 0.717) is 13.0 Å². The Labute approximate surface area is 129 Å². The minimum Gasteiger partial charge on any atom is -0.338 e. The molecule has 4 nitrogen and oxygen atoms in total. The minimum atomic E-state index is -0.131. The van der Waals surface area contributed by atoms with Crippen molar-refractivity contribution >= 4 is 23.2 Å². The molecular weight excluding hydrogens is 284 g/mol. The lowest BCUT2D eigenvalue weighted by Crippen LogP contribution is -2.61. The highest BCUT2D eigenvalue weighted by Crippen LogP contribution is 2.36. The summed E-state index contributed by atoms with van der Waals surface area (Å²) in [7, 11) is 1.91. The summed E-state index contributed by atoms with van der Waals surface area (Å²) in [4.78, 5) is 29.5. The van der Waals surface area contributed by atoms with Crippen LogP contribution in [-0.4, -0.2) is 47.3 Å². The van der Waals surface area contributed by atoms with Crippen molar-refractivity contribution in [3.05, 3.63) is 21.9 Å². The van der Waals surface area contributed by atoms with Gasteiger partial charge in [-0.25, -0.2) is 0 Å². The smallest absolute Gasteiger partial charge is 0.264 e. The van der Waals surface area contributed by atoms with Crippen LogP contribution in [0.15, 0.2) is 11.4 Å². The van der Waals surface area contributed by atoms with Gasteiger partial charge in [0.1, 0.15) is 0 Å². The predicted molar refractivity (Wildman–Crippen MR) is 83.5 cm³/mol. The third kappa shape index (κ3) is 2.48. The SMILES string of the molecule is Cc1ccsc1C(=O)N1CCCC2(CCCC(=O)N2C)C1. The van der Waals surface area contributed by atoms with Gasteiger partial charge in [0.2, 0.25) is 5.91 Å². The van der Waals surface area contributed by atoms with Crippen molar-refractivity contribution in [2.24, 2.45) is 0 Å². The summed E-state index contributed by atoms with van der Waals surface area (Å²) in [6.07, 6.45) is 4.61. The number of hydrogen-bond donors (Lipinski definition) is 0. The number of carbonyl (C=O) groups is 2. The zero-order valence-corrected chi connectivity index (χ0v) is 13.5. The van der Waals surface area contributed by atoms with Crippen molar-refractivity contribution < 1.29 is 9.59 Å². The average Bonchev–Trinajstić information content (AvgIpc) is 2.90. The summed E-state index contributed by atoms with van der Waals surface area (Å²) in [6, 6.07) is 1.99. The molecule has 3 heterocycles. The van der Waals surface area contributed by atoms with Crippen molar-refractivity contribution in [2.75, 3.05) is 20.1 Å². The van der Waals surface area contributed by atoms with Gasteiger partial charge in [-0.05, 0) is 49.6 Å². The van der Waals surface area contributed by atoms with Gasteiger partial charge in [0.25, 0.3) is 5.91 Å². The van der Waals surface area contributed by atoms with E-state index in [-0.39, 0.29) is 17.4 Å². The Morgan fingerprint density at radius 2 is 2.10 bits per heavy atom. The maximum absolute atomic E-state index is 12.7. The van der Waals surface area contributed by atoms with E-state index in [1.165, 1.54) is 11.3 Å². The maximum Gasteiger partial charge on any atom is 0.264 e. The van der Waals surface area contributed by atoms with Gasteiger partial charge in [-0.1, -0.05) is 0 Å². The van der Waals surface area contributed by atoms with Gasteiger partial charge in [0, 0.05) is 26.6 Å². The second-order valence-electron chi connectivity index (χ2n) is 6.29.